The zero-order valence-electron chi connectivity index (χ0n) is 15.4. The van der Waals surface area contributed by atoms with E-state index in [-0.39, 0.29) is 36.0 Å². The number of piperazine rings is 1. The molecule has 0 aromatic heterocycles. The van der Waals surface area contributed by atoms with Crippen LogP contribution in [0.5, 0.6) is 0 Å². The van der Waals surface area contributed by atoms with Crippen molar-refractivity contribution < 1.29 is 26.4 Å². The number of hydrogen-bond donors (Lipinski definition) is 0. The van der Waals surface area contributed by atoms with Gasteiger partial charge in [-0.15, -0.1) is 0 Å². The van der Waals surface area contributed by atoms with E-state index in [0.717, 1.165) is 4.90 Å². The predicted molar refractivity (Wildman–Crippen MR) is 103 cm³/mol. The summed E-state index contributed by atoms with van der Waals surface area (Å²) in [6.07, 6.45) is -4.90. The molecular formula is C19H18ClF3N2O3S. The van der Waals surface area contributed by atoms with Gasteiger partial charge in [0.2, 0.25) is 9.84 Å². The van der Waals surface area contributed by atoms with E-state index in [0.29, 0.717) is 16.3 Å². The molecule has 1 heterocycles. The van der Waals surface area contributed by atoms with Crippen LogP contribution in [-0.2, 0) is 14.6 Å². The van der Waals surface area contributed by atoms with Gasteiger partial charge in [-0.05, 0) is 42.8 Å². The highest BCUT2D eigenvalue weighted by Crippen LogP contribution is 2.29. The second-order valence-electron chi connectivity index (χ2n) is 6.69. The number of hydrogen-bond acceptors (Lipinski definition) is 4. The zero-order chi connectivity index (χ0) is 21.4. The summed E-state index contributed by atoms with van der Waals surface area (Å²) in [4.78, 5) is 14.0. The first-order valence-corrected chi connectivity index (χ1v) is 10.6. The average molecular weight is 447 g/mol. The van der Waals surface area contributed by atoms with Crippen molar-refractivity contribution >= 4 is 33.0 Å². The Labute approximate surface area is 171 Å². The lowest BCUT2D eigenvalue weighted by Gasteiger charge is -2.36. The van der Waals surface area contributed by atoms with Crippen LogP contribution < -0.4 is 4.90 Å². The van der Waals surface area contributed by atoms with E-state index in [4.69, 9.17) is 11.6 Å². The maximum absolute atomic E-state index is 13.0. The third-order valence-electron chi connectivity index (χ3n) is 4.74. The van der Waals surface area contributed by atoms with Crippen molar-refractivity contribution in [3.05, 3.63) is 53.1 Å². The number of alkyl halides is 3. The molecule has 0 spiro atoms. The summed E-state index contributed by atoms with van der Waals surface area (Å²) in [5.74, 6) is -1.86. The fourth-order valence-corrected chi connectivity index (χ4v) is 4.98. The van der Waals surface area contributed by atoms with E-state index in [9.17, 15) is 26.4 Å². The Morgan fingerprint density at radius 2 is 1.69 bits per heavy atom. The number of carbonyl (C=O) groups excluding carboxylic acids is 1. The molecule has 0 aliphatic carbocycles. The molecule has 5 nitrogen and oxygen atoms in total. The van der Waals surface area contributed by atoms with Gasteiger partial charge >= 0.3 is 12.1 Å². The van der Waals surface area contributed by atoms with Crippen molar-refractivity contribution in [2.24, 2.45) is 0 Å². The molecule has 0 radical (unpaired) electrons. The van der Waals surface area contributed by atoms with E-state index >= 15 is 0 Å². The first-order chi connectivity index (χ1) is 13.5. The van der Waals surface area contributed by atoms with Gasteiger partial charge in [-0.1, -0.05) is 23.7 Å². The average Bonchev–Trinajstić information content (AvgIpc) is 2.68. The molecule has 156 valence electrons. The molecule has 1 aliphatic heterocycles. The summed E-state index contributed by atoms with van der Waals surface area (Å²) < 4.78 is 63.8. The van der Waals surface area contributed by atoms with Crippen LogP contribution >= 0.6 is 11.6 Å². The normalized spacial score (nSPS) is 15.5. The van der Waals surface area contributed by atoms with Crippen LogP contribution in [0.25, 0.3) is 0 Å². The molecule has 0 N–H and O–H groups in total. The largest absolute Gasteiger partial charge is 0.471 e. The Morgan fingerprint density at radius 3 is 2.31 bits per heavy atom. The fourth-order valence-electron chi connectivity index (χ4n) is 3.18. The minimum atomic E-state index is -4.90. The third-order valence-corrected chi connectivity index (χ3v) is 6.87. The van der Waals surface area contributed by atoms with Gasteiger partial charge in [-0.3, -0.25) is 4.79 Å². The Morgan fingerprint density at radius 1 is 1.03 bits per heavy atom. The number of rotatable bonds is 3. The van der Waals surface area contributed by atoms with Crippen LogP contribution in [0.1, 0.15) is 5.56 Å². The van der Waals surface area contributed by atoms with Crippen LogP contribution in [0.2, 0.25) is 5.02 Å². The van der Waals surface area contributed by atoms with Gasteiger partial charge in [0.15, 0.2) is 0 Å². The van der Waals surface area contributed by atoms with Crippen molar-refractivity contribution in [3.8, 4) is 0 Å². The molecule has 2 aromatic carbocycles. The van der Waals surface area contributed by atoms with E-state index in [1.165, 1.54) is 18.2 Å². The van der Waals surface area contributed by atoms with E-state index in [1.54, 1.807) is 36.1 Å². The lowest BCUT2D eigenvalue weighted by molar-refractivity contribution is -0.185. The van der Waals surface area contributed by atoms with Gasteiger partial charge in [-0.25, -0.2) is 8.42 Å². The molecule has 1 fully saturated rings. The van der Waals surface area contributed by atoms with Crippen molar-refractivity contribution in [1.29, 1.82) is 0 Å². The van der Waals surface area contributed by atoms with Crippen LogP contribution in [0.15, 0.2) is 52.3 Å². The number of nitrogens with zero attached hydrogens (tertiary/aromatic N) is 2. The lowest BCUT2D eigenvalue weighted by atomic mass is 10.2. The maximum atomic E-state index is 13.0. The van der Waals surface area contributed by atoms with E-state index < -0.39 is 21.9 Å². The number of amides is 1. The first kappa shape index (κ1) is 21.4. The van der Waals surface area contributed by atoms with Crippen molar-refractivity contribution in [3.63, 3.8) is 0 Å². The van der Waals surface area contributed by atoms with Crippen LogP contribution in [0, 0.1) is 6.92 Å². The van der Waals surface area contributed by atoms with Gasteiger partial charge in [0.25, 0.3) is 0 Å². The Hall–Kier alpha value is -2.26. The summed E-state index contributed by atoms with van der Waals surface area (Å²) in [6.45, 7) is 1.82. The van der Waals surface area contributed by atoms with Gasteiger partial charge in [0.1, 0.15) is 0 Å². The Balaban J connectivity index is 1.82. The zero-order valence-corrected chi connectivity index (χ0v) is 17.0. The lowest BCUT2D eigenvalue weighted by Crippen LogP contribution is -2.52. The topological polar surface area (TPSA) is 57.7 Å². The molecule has 1 saturated heterocycles. The first-order valence-electron chi connectivity index (χ1n) is 8.72. The van der Waals surface area contributed by atoms with Crippen molar-refractivity contribution in [2.45, 2.75) is 22.9 Å². The number of halogens is 4. The molecule has 2 aromatic rings. The molecule has 1 aliphatic rings. The Kier molecular flexibility index (Phi) is 5.82. The minimum Gasteiger partial charge on any atom is -0.368 e. The van der Waals surface area contributed by atoms with Gasteiger partial charge < -0.3 is 9.80 Å². The number of benzene rings is 2. The second-order valence-corrected chi connectivity index (χ2v) is 9.04. The van der Waals surface area contributed by atoms with Crippen LogP contribution in [-0.4, -0.2) is 51.6 Å². The third kappa shape index (κ3) is 4.51. The van der Waals surface area contributed by atoms with E-state index in [2.05, 4.69) is 0 Å². The van der Waals surface area contributed by atoms with E-state index in [1.807, 2.05) is 0 Å². The summed E-state index contributed by atoms with van der Waals surface area (Å²) >= 11 is 5.95. The van der Waals surface area contributed by atoms with Crippen LogP contribution in [0.3, 0.4) is 0 Å². The summed E-state index contributed by atoms with van der Waals surface area (Å²) in [6, 6.07) is 10.8. The molecule has 0 atom stereocenters. The van der Waals surface area contributed by atoms with Crippen molar-refractivity contribution in [2.75, 3.05) is 31.1 Å². The minimum absolute atomic E-state index is 0.0640. The molecule has 0 bridgehead atoms. The van der Waals surface area contributed by atoms with Crippen molar-refractivity contribution in [1.82, 2.24) is 4.90 Å². The summed E-state index contributed by atoms with van der Waals surface area (Å²) in [5, 5.41) is 0.302. The number of sulfone groups is 1. The molecular weight excluding hydrogens is 429 g/mol. The summed E-state index contributed by atoms with van der Waals surface area (Å²) in [7, 11) is -3.82. The standard InChI is InChI=1S/C19H18ClF3N2O3S/c1-13-5-6-14(20)11-17(13)29(27,28)16-4-2-3-15(12-16)24-7-9-25(10-8-24)18(26)19(21,22)23/h2-6,11-12H,7-10H2,1H3. The molecule has 10 heteroatoms. The summed E-state index contributed by atoms with van der Waals surface area (Å²) in [5.41, 5.74) is 1.11. The molecule has 0 unspecified atom stereocenters. The highest BCUT2D eigenvalue weighted by molar-refractivity contribution is 7.91. The highest BCUT2D eigenvalue weighted by Gasteiger charge is 2.43. The second kappa shape index (κ2) is 7.87. The van der Waals surface area contributed by atoms with Gasteiger partial charge in [-0.2, -0.15) is 13.2 Å². The highest BCUT2D eigenvalue weighted by atomic mass is 35.5. The maximum Gasteiger partial charge on any atom is 0.471 e. The van der Waals surface area contributed by atoms with Gasteiger partial charge in [0, 0.05) is 36.9 Å². The molecule has 3 rings (SSSR count). The molecule has 29 heavy (non-hydrogen) atoms. The van der Waals surface area contributed by atoms with Crippen LogP contribution in [0.4, 0.5) is 18.9 Å². The number of carbonyl (C=O) groups is 1. The quantitative estimate of drug-likeness (QED) is 0.721. The smallest absolute Gasteiger partial charge is 0.368 e. The monoisotopic (exact) mass is 446 g/mol. The van der Waals surface area contributed by atoms with Gasteiger partial charge in [0.05, 0.1) is 9.79 Å². The predicted octanol–water partition coefficient (Wildman–Crippen LogP) is 3.69. The SMILES string of the molecule is Cc1ccc(Cl)cc1S(=O)(=O)c1cccc(N2CCN(C(=O)C(F)(F)F)CC2)c1. The Bertz CT molecular complexity index is 1030. The molecule has 1 amide bonds. The number of anilines is 1. The fraction of sp³-hybridized carbons (Fsp3) is 0.316. The molecule has 0 saturated carbocycles. The number of aryl methyl sites for hydroxylation is 1.